The molecule has 1 amide bonds. The minimum absolute atomic E-state index is 0.0957. The fourth-order valence-corrected chi connectivity index (χ4v) is 3.72. The Bertz CT molecular complexity index is 569. The molecule has 6 nitrogen and oxygen atoms in total. The van der Waals surface area contributed by atoms with Gasteiger partial charge in [0, 0.05) is 36.1 Å². The Morgan fingerprint density at radius 1 is 1.46 bits per heavy atom. The molecule has 0 bridgehead atoms. The average Bonchev–Trinajstić information content (AvgIpc) is 2.96. The SMILES string of the molecule is CN=C(NCc1ncc(C)s1)NC1CCCC(C(=O)NC(C)C)C1. The van der Waals surface area contributed by atoms with Crippen LogP contribution in [0, 0.1) is 12.8 Å². The van der Waals surface area contributed by atoms with E-state index in [9.17, 15) is 4.79 Å². The summed E-state index contributed by atoms with van der Waals surface area (Å²) < 4.78 is 0. The summed E-state index contributed by atoms with van der Waals surface area (Å²) in [6.45, 7) is 6.73. The molecule has 1 aromatic heterocycles. The lowest BCUT2D eigenvalue weighted by Gasteiger charge is -2.30. The largest absolute Gasteiger partial charge is 0.354 e. The van der Waals surface area contributed by atoms with Crippen molar-refractivity contribution in [2.45, 2.75) is 65.1 Å². The fourth-order valence-electron chi connectivity index (χ4n) is 2.99. The normalized spacial score (nSPS) is 21.6. The van der Waals surface area contributed by atoms with Crippen molar-refractivity contribution in [3.8, 4) is 0 Å². The van der Waals surface area contributed by atoms with Crippen molar-refractivity contribution in [1.82, 2.24) is 20.9 Å². The molecule has 134 valence electrons. The number of nitrogens with zero attached hydrogens (tertiary/aromatic N) is 2. The zero-order chi connectivity index (χ0) is 17.5. The lowest BCUT2D eigenvalue weighted by atomic mass is 9.85. The van der Waals surface area contributed by atoms with E-state index in [4.69, 9.17) is 0 Å². The van der Waals surface area contributed by atoms with E-state index in [2.05, 4.69) is 32.9 Å². The molecule has 0 aromatic carbocycles. The van der Waals surface area contributed by atoms with Crippen molar-refractivity contribution >= 4 is 23.2 Å². The second-order valence-electron chi connectivity index (χ2n) is 6.66. The van der Waals surface area contributed by atoms with Gasteiger partial charge in [0.1, 0.15) is 5.01 Å². The minimum Gasteiger partial charge on any atom is -0.354 e. The summed E-state index contributed by atoms with van der Waals surface area (Å²) in [7, 11) is 1.77. The topological polar surface area (TPSA) is 78.4 Å². The standard InChI is InChI=1S/C17H29N5OS/c1-11(2)21-16(23)13-6-5-7-14(8-13)22-17(18-4)20-10-15-19-9-12(3)24-15/h9,11,13-14H,5-8,10H2,1-4H3,(H,21,23)(H2,18,20,22). The molecule has 2 unspecified atom stereocenters. The molecule has 1 aliphatic carbocycles. The predicted molar refractivity (Wildman–Crippen MR) is 99.2 cm³/mol. The zero-order valence-corrected chi connectivity index (χ0v) is 15.9. The maximum Gasteiger partial charge on any atom is 0.223 e. The van der Waals surface area contributed by atoms with Gasteiger partial charge in [-0.2, -0.15) is 0 Å². The van der Waals surface area contributed by atoms with Crippen molar-refractivity contribution in [2.75, 3.05) is 7.05 Å². The highest BCUT2D eigenvalue weighted by Crippen LogP contribution is 2.24. The van der Waals surface area contributed by atoms with E-state index in [0.29, 0.717) is 6.54 Å². The fraction of sp³-hybridized carbons (Fsp3) is 0.706. The molecule has 0 aliphatic heterocycles. The third kappa shape index (κ3) is 5.78. The Hall–Kier alpha value is -1.63. The summed E-state index contributed by atoms with van der Waals surface area (Å²) in [5.41, 5.74) is 0. The van der Waals surface area contributed by atoms with E-state index in [1.807, 2.05) is 20.0 Å². The summed E-state index contributed by atoms with van der Waals surface area (Å²) >= 11 is 1.69. The van der Waals surface area contributed by atoms with Crippen LogP contribution in [-0.4, -0.2) is 36.0 Å². The zero-order valence-electron chi connectivity index (χ0n) is 15.1. The number of thiazole rings is 1. The van der Waals surface area contributed by atoms with Gasteiger partial charge in [0.25, 0.3) is 0 Å². The van der Waals surface area contributed by atoms with Crippen LogP contribution in [0.25, 0.3) is 0 Å². The van der Waals surface area contributed by atoms with Crippen molar-refractivity contribution in [3.05, 3.63) is 16.1 Å². The molecule has 2 rings (SSSR count). The first-order valence-corrected chi connectivity index (χ1v) is 9.48. The van der Waals surface area contributed by atoms with Crippen LogP contribution in [0.3, 0.4) is 0 Å². The highest BCUT2D eigenvalue weighted by molar-refractivity contribution is 7.11. The van der Waals surface area contributed by atoms with E-state index in [1.165, 1.54) is 4.88 Å². The Morgan fingerprint density at radius 3 is 2.88 bits per heavy atom. The van der Waals surface area contributed by atoms with Gasteiger partial charge in [-0.15, -0.1) is 11.3 Å². The van der Waals surface area contributed by atoms with Crippen LogP contribution in [0.2, 0.25) is 0 Å². The van der Waals surface area contributed by atoms with Gasteiger partial charge in [0.2, 0.25) is 5.91 Å². The van der Waals surface area contributed by atoms with E-state index in [0.717, 1.165) is 36.7 Å². The quantitative estimate of drug-likeness (QED) is 0.561. The number of carbonyl (C=O) groups excluding carboxylic acids is 1. The Labute approximate surface area is 148 Å². The highest BCUT2D eigenvalue weighted by atomic mass is 32.1. The molecule has 1 heterocycles. The van der Waals surface area contributed by atoms with Crippen LogP contribution in [-0.2, 0) is 11.3 Å². The molecule has 2 atom stereocenters. The maximum atomic E-state index is 12.2. The second-order valence-corrected chi connectivity index (χ2v) is 7.98. The van der Waals surface area contributed by atoms with Gasteiger partial charge in [-0.25, -0.2) is 4.98 Å². The number of carbonyl (C=O) groups is 1. The van der Waals surface area contributed by atoms with Gasteiger partial charge in [0.15, 0.2) is 5.96 Å². The maximum absolute atomic E-state index is 12.2. The van der Waals surface area contributed by atoms with Crippen LogP contribution in [0.5, 0.6) is 0 Å². The van der Waals surface area contributed by atoms with Crippen LogP contribution < -0.4 is 16.0 Å². The van der Waals surface area contributed by atoms with Gasteiger partial charge in [-0.05, 0) is 40.0 Å². The number of nitrogens with one attached hydrogen (secondary N) is 3. The van der Waals surface area contributed by atoms with Gasteiger partial charge in [-0.1, -0.05) is 6.42 Å². The Balaban J connectivity index is 1.82. The summed E-state index contributed by atoms with van der Waals surface area (Å²) in [6, 6.07) is 0.480. The van der Waals surface area contributed by atoms with Gasteiger partial charge < -0.3 is 16.0 Å². The summed E-state index contributed by atoms with van der Waals surface area (Å²) in [5, 5.41) is 10.8. The second kappa shape index (κ2) is 9.01. The Morgan fingerprint density at radius 2 is 2.25 bits per heavy atom. The van der Waals surface area contributed by atoms with Gasteiger partial charge >= 0.3 is 0 Å². The smallest absolute Gasteiger partial charge is 0.223 e. The number of aromatic nitrogens is 1. The molecule has 3 N–H and O–H groups in total. The predicted octanol–water partition coefficient (Wildman–Crippen LogP) is 2.20. The van der Waals surface area contributed by atoms with Gasteiger partial charge in [0.05, 0.1) is 6.54 Å². The number of hydrogen-bond acceptors (Lipinski definition) is 4. The third-order valence-corrected chi connectivity index (χ3v) is 5.03. The average molecular weight is 352 g/mol. The Kier molecular flexibility index (Phi) is 7.02. The number of amides is 1. The number of hydrogen-bond donors (Lipinski definition) is 3. The monoisotopic (exact) mass is 351 g/mol. The summed E-state index contributed by atoms with van der Waals surface area (Å²) in [6.07, 6.45) is 5.85. The molecular formula is C17H29N5OS. The molecule has 7 heteroatoms. The number of rotatable bonds is 5. The van der Waals surface area contributed by atoms with Crippen molar-refractivity contribution in [3.63, 3.8) is 0 Å². The molecule has 0 radical (unpaired) electrons. The summed E-state index contributed by atoms with van der Waals surface area (Å²) in [4.78, 5) is 22.1. The lowest BCUT2D eigenvalue weighted by Crippen LogP contribution is -2.47. The highest BCUT2D eigenvalue weighted by Gasteiger charge is 2.27. The molecule has 1 saturated carbocycles. The first kappa shape index (κ1) is 18.7. The molecule has 0 spiro atoms. The first-order valence-electron chi connectivity index (χ1n) is 8.66. The van der Waals surface area contributed by atoms with Crippen molar-refractivity contribution < 1.29 is 4.79 Å². The molecule has 1 fully saturated rings. The molecule has 1 aromatic rings. The minimum atomic E-state index is 0.0957. The number of guanidine groups is 1. The van der Waals surface area contributed by atoms with E-state index < -0.39 is 0 Å². The van der Waals surface area contributed by atoms with Crippen LogP contribution in [0.1, 0.15) is 49.4 Å². The lowest BCUT2D eigenvalue weighted by molar-refractivity contribution is -0.126. The molecule has 0 saturated heterocycles. The third-order valence-electron chi connectivity index (χ3n) is 4.12. The van der Waals surface area contributed by atoms with E-state index in [1.54, 1.807) is 18.4 Å². The molecule has 24 heavy (non-hydrogen) atoms. The number of aliphatic imine (C=N–C) groups is 1. The molecular weight excluding hydrogens is 322 g/mol. The van der Waals surface area contributed by atoms with Crippen molar-refractivity contribution in [1.29, 1.82) is 0 Å². The van der Waals surface area contributed by atoms with Crippen molar-refractivity contribution in [2.24, 2.45) is 10.9 Å². The van der Waals surface area contributed by atoms with Gasteiger partial charge in [-0.3, -0.25) is 9.79 Å². The van der Waals surface area contributed by atoms with Crippen LogP contribution >= 0.6 is 11.3 Å². The number of aryl methyl sites for hydroxylation is 1. The van der Waals surface area contributed by atoms with E-state index in [-0.39, 0.29) is 23.9 Å². The molecule has 1 aliphatic rings. The van der Waals surface area contributed by atoms with Crippen LogP contribution in [0.15, 0.2) is 11.2 Å². The first-order chi connectivity index (χ1) is 11.5. The van der Waals surface area contributed by atoms with E-state index >= 15 is 0 Å². The summed E-state index contributed by atoms with van der Waals surface area (Å²) in [5.74, 6) is 1.05. The van der Waals surface area contributed by atoms with Crippen LogP contribution in [0.4, 0.5) is 0 Å².